The van der Waals surface area contributed by atoms with Gasteiger partial charge in [-0.2, -0.15) is 0 Å². The van der Waals surface area contributed by atoms with Crippen LogP contribution in [0.1, 0.15) is 15.9 Å². The second kappa shape index (κ2) is 7.92. The number of hydrogen-bond donors (Lipinski definition) is 1. The molecule has 0 aliphatic carbocycles. The highest BCUT2D eigenvalue weighted by atomic mass is 127. The molecule has 2 aromatic rings. The summed E-state index contributed by atoms with van der Waals surface area (Å²) in [5.74, 6) is -0.288. The number of amides is 2. The normalized spacial score (nSPS) is 15.1. The number of hydrogen-bond acceptors (Lipinski definition) is 6. The lowest BCUT2D eigenvalue weighted by atomic mass is 10.1. The van der Waals surface area contributed by atoms with E-state index >= 15 is 0 Å². The van der Waals surface area contributed by atoms with Gasteiger partial charge in [0.1, 0.15) is 0 Å². The molecule has 1 heterocycles. The van der Waals surface area contributed by atoms with Crippen LogP contribution >= 0.6 is 34.4 Å². The summed E-state index contributed by atoms with van der Waals surface area (Å²) < 4.78 is 11.4. The van der Waals surface area contributed by atoms with Gasteiger partial charge >= 0.3 is 5.97 Å². The molecule has 0 aromatic heterocycles. The van der Waals surface area contributed by atoms with Gasteiger partial charge in [0.05, 0.1) is 21.1 Å². The molecule has 1 fully saturated rings. The Morgan fingerprint density at radius 2 is 1.92 bits per heavy atom. The van der Waals surface area contributed by atoms with E-state index in [0.29, 0.717) is 31.1 Å². The molecule has 1 N–H and O–H groups in total. The minimum absolute atomic E-state index is 0.293. The van der Waals surface area contributed by atoms with Crippen LogP contribution in [0, 0.1) is 3.57 Å². The molecule has 1 aliphatic heterocycles. The van der Waals surface area contributed by atoms with Gasteiger partial charge in [-0.1, -0.05) is 18.2 Å². The minimum Gasteiger partial charge on any atom is -0.493 e. The Morgan fingerprint density at radius 1 is 1.19 bits per heavy atom. The van der Waals surface area contributed by atoms with Crippen LogP contribution in [0.2, 0.25) is 0 Å². The lowest BCUT2D eigenvalue weighted by Crippen LogP contribution is -2.17. The van der Waals surface area contributed by atoms with Crippen LogP contribution in [0.3, 0.4) is 0 Å². The van der Waals surface area contributed by atoms with Crippen LogP contribution in [-0.2, 0) is 4.79 Å². The molecule has 0 unspecified atom stereocenters. The van der Waals surface area contributed by atoms with Crippen LogP contribution < -0.4 is 14.8 Å². The molecule has 2 amide bonds. The lowest BCUT2D eigenvalue weighted by molar-refractivity contribution is -0.115. The van der Waals surface area contributed by atoms with Gasteiger partial charge in [0, 0.05) is 0 Å². The van der Waals surface area contributed by atoms with E-state index in [1.165, 1.54) is 7.11 Å². The third kappa shape index (κ3) is 4.07. The molecule has 0 saturated carbocycles. The van der Waals surface area contributed by atoms with E-state index in [1.54, 1.807) is 42.5 Å². The first kappa shape index (κ1) is 18.5. The monoisotopic (exact) mass is 481 g/mol. The highest BCUT2D eigenvalue weighted by Gasteiger charge is 2.25. The smallest absolute Gasteiger partial charge is 0.343 e. The zero-order valence-electron chi connectivity index (χ0n) is 13.4. The number of esters is 1. The van der Waals surface area contributed by atoms with Crippen LogP contribution in [0.25, 0.3) is 6.08 Å². The predicted molar refractivity (Wildman–Crippen MR) is 106 cm³/mol. The Labute approximate surface area is 167 Å². The van der Waals surface area contributed by atoms with Crippen molar-refractivity contribution in [3.8, 4) is 11.5 Å². The molecule has 1 saturated heterocycles. The van der Waals surface area contributed by atoms with E-state index in [4.69, 9.17) is 9.47 Å². The number of carbonyl (C=O) groups excluding carboxylic acids is 3. The van der Waals surface area contributed by atoms with Crippen molar-refractivity contribution in [2.24, 2.45) is 0 Å². The molecule has 1 aliphatic rings. The Bertz CT molecular complexity index is 927. The number of halogens is 1. The molecule has 132 valence electrons. The number of nitrogens with one attached hydrogen (secondary N) is 1. The Balaban J connectivity index is 1.91. The van der Waals surface area contributed by atoms with E-state index in [2.05, 4.69) is 5.32 Å². The van der Waals surface area contributed by atoms with E-state index in [1.807, 2.05) is 28.7 Å². The van der Waals surface area contributed by atoms with Gasteiger partial charge in [-0.05, 0) is 70.3 Å². The number of benzene rings is 2. The first-order valence-corrected chi connectivity index (χ1v) is 9.27. The number of thioether (sulfide) groups is 1. The van der Waals surface area contributed by atoms with Crippen molar-refractivity contribution >= 4 is 57.5 Å². The summed E-state index contributed by atoms with van der Waals surface area (Å²) in [5, 5.41) is 1.79. The molecule has 0 bridgehead atoms. The van der Waals surface area contributed by atoms with Gasteiger partial charge in [-0.25, -0.2) is 4.79 Å². The fourth-order valence-electron chi connectivity index (χ4n) is 2.22. The molecule has 26 heavy (non-hydrogen) atoms. The Hall–Kier alpha value is -2.33. The van der Waals surface area contributed by atoms with Crippen molar-refractivity contribution in [2.45, 2.75) is 0 Å². The lowest BCUT2D eigenvalue weighted by Gasteiger charge is -2.12. The summed E-state index contributed by atoms with van der Waals surface area (Å²) in [6.45, 7) is 0. The van der Waals surface area contributed by atoms with E-state index in [9.17, 15) is 14.4 Å². The number of methoxy groups -OCH3 is 1. The molecule has 0 spiro atoms. The molecule has 0 atom stereocenters. The maximum Gasteiger partial charge on any atom is 0.343 e. The maximum absolute atomic E-state index is 12.3. The van der Waals surface area contributed by atoms with Crippen molar-refractivity contribution in [1.82, 2.24) is 5.32 Å². The van der Waals surface area contributed by atoms with Gasteiger partial charge in [-0.3, -0.25) is 14.9 Å². The molecular weight excluding hydrogens is 469 g/mol. The Morgan fingerprint density at radius 3 is 2.54 bits per heavy atom. The fourth-order valence-corrected chi connectivity index (χ4v) is 3.64. The topological polar surface area (TPSA) is 81.7 Å². The van der Waals surface area contributed by atoms with Crippen molar-refractivity contribution in [3.63, 3.8) is 0 Å². The SMILES string of the molecule is COc1cc(/C=C2\SC(=O)NC2=O)cc(I)c1OC(=O)c1ccccc1. The van der Waals surface area contributed by atoms with Crippen molar-refractivity contribution in [3.05, 3.63) is 62.1 Å². The summed E-state index contributed by atoms with van der Waals surface area (Å²) in [6.07, 6.45) is 1.58. The maximum atomic E-state index is 12.3. The van der Waals surface area contributed by atoms with Crippen LogP contribution in [0.15, 0.2) is 47.4 Å². The Kier molecular flexibility index (Phi) is 5.62. The molecule has 8 heteroatoms. The van der Waals surface area contributed by atoms with Crippen LogP contribution in [-0.4, -0.2) is 24.2 Å². The van der Waals surface area contributed by atoms with Crippen LogP contribution in [0.4, 0.5) is 4.79 Å². The van der Waals surface area contributed by atoms with E-state index < -0.39 is 17.1 Å². The number of rotatable bonds is 4. The average molecular weight is 481 g/mol. The zero-order valence-corrected chi connectivity index (χ0v) is 16.4. The summed E-state index contributed by atoms with van der Waals surface area (Å²) in [5.41, 5.74) is 1.08. The average Bonchev–Trinajstić information content (AvgIpc) is 2.94. The third-order valence-corrected chi connectivity index (χ3v) is 5.01. The molecule has 0 radical (unpaired) electrons. The largest absolute Gasteiger partial charge is 0.493 e. The molecular formula is C18H12INO5S. The van der Waals surface area contributed by atoms with Gasteiger partial charge in [-0.15, -0.1) is 0 Å². The zero-order chi connectivity index (χ0) is 18.7. The quantitative estimate of drug-likeness (QED) is 0.310. The first-order valence-electron chi connectivity index (χ1n) is 7.37. The van der Waals surface area contributed by atoms with Gasteiger partial charge in [0.25, 0.3) is 11.1 Å². The highest BCUT2D eigenvalue weighted by Crippen LogP contribution is 2.36. The standard InChI is InChI=1S/C18H12INO5S/c1-24-13-8-10(9-14-16(21)20-18(23)26-14)7-12(19)15(13)25-17(22)11-5-3-2-4-6-11/h2-9H,1H3,(H,20,21,23)/b14-9-. The number of imide groups is 1. The summed E-state index contributed by atoms with van der Waals surface area (Å²) in [6, 6.07) is 12.0. The van der Waals surface area contributed by atoms with Crippen molar-refractivity contribution in [2.75, 3.05) is 7.11 Å². The summed E-state index contributed by atoms with van der Waals surface area (Å²) in [4.78, 5) is 35.5. The first-order chi connectivity index (χ1) is 12.5. The van der Waals surface area contributed by atoms with Gasteiger partial charge in [0.15, 0.2) is 11.5 Å². The fraction of sp³-hybridized carbons (Fsp3) is 0.0556. The molecule has 3 rings (SSSR count). The number of ether oxygens (including phenoxy) is 2. The predicted octanol–water partition coefficient (Wildman–Crippen LogP) is 3.84. The van der Waals surface area contributed by atoms with E-state index in [0.717, 1.165) is 11.8 Å². The van der Waals surface area contributed by atoms with Gasteiger partial charge < -0.3 is 9.47 Å². The van der Waals surface area contributed by atoms with Gasteiger partial charge in [0.2, 0.25) is 0 Å². The number of carbonyl (C=O) groups is 3. The highest BCUT2D eigenvalue weighted by molar-refractivity contribution is 14.1. The molecule has 2 aromatic carbocycles. The second-order valence-electron chi connectivity index (χ2n) is 5.14. The minimum atomic E-state index is -0.496. The molecule has 6 nitrogen and oxygen atoms in total. The van der Waals surface area contributed by atoms with E-state index in [-0.39, 0.29) is 0 Å². The van der Waals surface area contributed by atoms with Crippen LogP contribution in [0.5, 0.6) is 11.5 Å². The third-order valence-electron chi connectivity index (χ3n) is 3.40. The van der Waals surface area contributed by atoms with Crippen molar-refractivity contribution in [1.29, 1.82) is 0 Å². The summed E-state index contributed by atoms with van der Waals surface area (Å²) in [7, 11) is 1.46. The van der Waals surface area contributed by atoms with Crippen molar-refractivity contribution < 1.29 is 23.9 Å². The second-order valence-corrected chi connectivity index (χ2v) is 7.32. The summed E-state index contributed by atoms with van der Waals surface area (Å²) >= 11 is 2.86.